The van der Waals surface area contributed by atoms with E-state index in [0.717, 1.165) is 65.3 Å². The van der Waals surface area contributed by atoms with E-state index in [1.807, 2.05) is 0 Å². The summed E-state index contributed by atoms with van der Waals surface area (Å²) < 4.78 is 6.05. The Kier molecular flexibility index (Phi) is 7.52. The van der Waals surface area contributed by atoms with Gasteiger partial charge in [-0.15, -0.1) is 0 Å². The van der Waals surface area contributed by atoms with Crippen LogP contribution in [-0.4, -0.2) is 111 Å². The molecule has 0 bridgehead atoms. The predicted octanol–water partition coefficient (Wildman–Crippen LogP) is 0.727. The summed E-state index contributed by atoms with van der Waals surface area (Å²) in [5.41, 5.74) is 0. The van der Waals surface area contributed by atoms with E-state index < -0.39 is 0 Å². The second kappa shape index (κ2) is 9.86. The lowest BCUT2D eigenvalue weighted by atomic mass is 10.1. The Balaban J connectivity index is 1.48. The summed E-state index contributed by atoms with van der Waals surface area (Å²) in [5.74, 6) is 0.290. The molecular weight excluding hydrogens is 316 g/mol. The number of hydrogen-bond acceptors (Lipinski definition) is 5. The van der Waals surface area contributed by atoms with Gasteiger partial charge in [-0.25, -0.2) is 0 Å². The molecular formula is C19H36N4O2. The smallest absolute Gasteiger partial charge is 0.236 e. The number of rotatable bonds is 4. The summed E-state index contributed by atoms with van der Waals surface area (Å²) in [5, 5.41) is 0. The highest BCUT2D eigenvalue weighted by molar-refractivity contribution is 5.78. The number of piperidine rings is 1. The highest BCUT2D eigenvalue weighted by Gasteiger charge is 2.26. The number of likely N-dealkylation sites (tertiary alicyclic amines) is 1. The first-order chi connectivity index (χ1) is 12.2. The van der Waals surface area contributed by atoms with E-state index in [1.54, 1.807) is 0 Å². The number of hydrogen-bond donors (Lipinski definition) is 0. The monoisotopic (exact) mass is 352 g/mol. The first kappa shape index (κ1) is 19.1. The molecule has 0 radical (unpaired) electrons. The maximum absolute atomic E-state index is 12.9. The Morgan fingerprint density at radius 2 is 1.68 bits per heavy atom. The molecule has 1 atom stereocenters. The van der Waals surface area contributed by atoms with Crippen molar-refractivity contribution in [3.63, 3.8) is 0 Å². The molecule has 0 aromatic rings. The molecule has 0 aromatic carbocycles. The van der Waals surface area contributed by atoms with E-state index in [-0.39, 0.29) is 6.10 Å². The zero-order chi connectivity index (χ0) is 17.5. The summed E-state index contributed by atoms with van der Waals surface area (Å²) in [6.07, 6.45) is 6.27. The van der Waals surface area contributed by atoms with E-state index in [2.05, 4.69) is 26.6 Å². The number of amides is 1. The molecule has 0 aromatic heterocycles. The minimum atomic E-state index is 0.180. The Labute approximate surface area is 153 Å². The van der Waals surface area contributed by atoms with Crippen molar-refractivity contribution in [1.82, 2.24) is 19.6 Å². The fourth-order valence-corrected chi connectivity index (χ4v) is 4.21. The third-order valence-corrected chi connectivity index (χ3v) is 5.78. The number of ether oxygens (including phenoxy) is 1. The maximum Gasteiger partial charge on any atom is 0.236 e. The lowest BCUT2D eigenvalue weighted by Gasteiger charge is -2.32. The molecule has 0 saturated carbocycles. The van der Waals surface area contributed by atoms with Crippen molar-refractivity contribution in [1.29, 1.82) is 0 Å². The molecule has 0 N–H and O–H groups in total. The lowest BCUT2D eigenvalue weighted by molar-refractivity contribution is -0.133. The van der Waals surface area contributed by atoms with Crippen molar-refractivity contribution in [2.75, 3.05) is 79.1 Å². The zero-order valence-electron chi connectivity index (χ0n) is 16.0. The van der Waals surface area contributed by atoms with Crippen LogP contribution < -0.4 is 0 Å². The van der Waals surface area contributed by atoms with E-state index >= 15 is 0 Å². The van der Waals surface area contributed by atoms with Gasteiger partial charge in [0, 0.05) is 39.3 Å². The van der Waals surface area contributed by atoms with Gasteiger partial charge in [0.25, 0.3) is 0 Å². The Morgan fingerprint density at radius 1 is 0.880 bits per heavy atom. The zero-order valence-corrected chi connectivity index (χ0v) is 16.0. The third-order valence-electron chi connectivity index (χ3n) is 5.78. The van der Waals surface area contributed by atoms with Crippen LogP contribution >= 0.6 is 0 Å². The van der Waals surface area contributed by atoms with Gasteiger partial charge in [-0.1, -0.05) is 6.42 Å². The van der Waals surface area contributed by atoms with Gasteiger partial charge in [-0.2, -0.15) is 0 Å². The second-order valence-electron chi connectivity index (χ2n) is 7.98. The van der Waals surface area contributed by atoms with E-state index in [1.165, 1.54) is 32.4 Å². The SMILES string of the molecule is CN1CCCN(CC(=O)N2CCCOC(CN3CCCCC3)C2)CC1. The summed E-state index contributed by atoms with van der Waals surface area (Å²) in [4.78, 5) is 22.1. The molecule has 1 amide bonds. The van der Waals surface area contributed by atoms with Crippen LogP contribution in [0.2, 0.25) is 0 Å². The van der Waals surface area contributed by atoms with Crippen molar-refractivity contribution in [2.45, 2.75) is 38.2 Å². The summed E-state index contributed by atoms with van der Waals surface area (Å²) in [7, 11) is 2.17. The number of carbonyl (C=O) groups excluding carboxylic acids is 1. The van der Waals surface area contributed by atoms with Crippen molar-refractivity contribution in [3.8, 4) is 0 Å². The van der Waals surface area contributed by atoms with Gasteiger partial charge < -0.3 is 19.4 Å². The van der Waals surface area contributed by atoms with Crippen LogP contribution in [0, 0.1) is 0 Å². The van der Waals surface area contributed by atoms with Crippen LogP contribution in [-0.2, 0) is 9.53 Å². The lowest BCUT2D eigenvalue weighted by Crippen LogP contribution is -2.47. The van der Waals surface area contributed by atoms with E-state index in [4.69, 9.17) is 4.74 Å². The highest BCUT2D eigenvalue weighted by atomic mass is 16.5. The van der Waals surface area contributed by atoms with Crippen LogP contribution in [0.3, 0.4) is 0 Å². The first-order valence-corrected chi connectivity index (χ1v) is 10.2. The molecule has 6 heteroatoms. The Hall–Kier alpha value is -0.690. The molecule has 144 valence electrons. The van der Waals surface area contributed by atoms with Crippen molar-refractivity contribution >= 4 is 5.91 Å². The van der Waals surface area contributed by atoms with Crippen molar-refractivity contribution in [2.24, 2.45) is 0 Å². The average Bonchev–Trinajstić information content (AvgIpc) is 2.97. The summed E-state index contributed by atoms with van der Waals surface area (Å²) in [6, 6.07) is 0. The second-order valence-corrected chi connectivity index (χ2v) is 7.98. The predicted molar refractivity (Wildman–Crippen MR) is 99.8 cm³/mol. The molecule has 0 spiro atoms. The molecule has 6 nitrogen and oxygen atoms in total. The standard InChI is InChI=1S/C19H36N4O2/c1-20-7-5-10-22(13-12-20)17-19(24)23-11-6-14-25-18(16-23)15-21-8-3-2-4-9-21/h18H,2-17H2,1H3. The minimum Gasteiger partial charge on any atom is -0.375 e. The van der Waals surface area contributed by atoms with Gasteiger partial charge in [0.15, 0.2) is 0 Å². The number of carbonyl (C=O) groups is 1. The van der Waals surface area contributed by atoms with Gasteiger partial charge in [-0.3, -0.25) is 9.69 Å². The fraction of sp³-hybridized carbons (Fsp3) is 0.947. The Bertz CT molecular complexity index is 414. The minimum absolute atomic E-state index is 0.180. The largest absolute Gasteiger partial charge is 0.375 e. The summed E-state index contributed by atoms with van der Waals surface area (Å²) >= 11 is 0. The van der Waals surface area contributed by atoms with Gasteiger partial charge in [0.1, 0.15) is 0 Å². The molecule has 3 fully saturated rings. The van der Waals surface area contributed by atoms with Crippen LogP contribution in [0.5, 0.6) is 0 Å². The average molecular weight is 353 g/mol. The van der Waals surface area contributed by atoms with E-state index in [0.29, 0.717) is 12.5 Å². The van der Waals surface area contributed by atoms with Crippen LogP contribution in [0.1, 0.15) is 32.1 Å². The normalized spacial score (nSPS) is 28.5. The van der Waals surface area contributed by atoms with Crippen LogP contribution in [0.4, 0.5) is 0 Å². The molecule has 3 aliphatic heterocycles. The maximum atomic E-state index is 12.9. The van der Waals surface area contributed by atoms with Crippen molar-refractivity contribution < 1.29 is 9.53 Å². The van der Waals surface area contributed by atoms with Gasteiger partial charge in [0.05, 0.1) is 12.6 Å². The number of likely N-dealkylation sites (N-methyl/N-ethyl adjacent to an activating group) is 1. The topological polar surface area (TPSA) is 39.3 Å². The van der Waals surface area contributed by atoms with Crippen molar-refractivity contribution in [3.05, 3.63) is 0 Å². The molecule has 3 saturated heterocycles. The van der Waals surface area contributed by atoms with Gasteiger partial charge in [-0.05, 0) is 58.9 Å². The molecule has 1 unspecified atom stereocenters. The quantitative estimate of drug-likeness (QED) is 0.746. The molecule has 0 aliphatic carbocycles. The third kappa shape index (κ3) is 6.20. The Morgan fingerprint density at radius 3 is 2.52 bits per heavy atom. The fourth-order valence-electron chi connectivity index (χ4n) is 4.21. The van der Waals surface area contributed by atoms with Crippen LogP contribution in [0.15, 0.2) is 0 Å². The summed E-state index contributed by atoms with van der Waals surface area (Å²) in [6.45, 7) is 10.6. The molecule has 25 heavy (non-hydrogen) atoms. The van der Waals surface area contributed by atoms with E-state index in [9.17, 15) is 4.79 Å². The van der Waals surface area contributed by atoms with Gasteiger partial charge in [0.2, 0.25) is 5.91 Å². The van der Waals surface area contributed by atoms with Crippen LogP contribution in [0.25, 0.3) is 0 Å². The molecule has 3 rings (SSSR count). The highest BCUT2D eigenvalue weighted by Crippen LogP contribution is 2.13. The number of nitrogens with zero attached hydrogens (tertiary/aromatic N) is 4. The van der Waals surface area contributed by atoms with Gasteiger partial charge >= 0.3 is 0 Å². The molecule has 3 heterocycles. The molecule has 3 aliphatic rings. The first-order valence-electron chi connectivity index (χ1n) is 10.2.